The third-order valence-electron chi connectivity index (χ3n) is 5.30. The second kappa shape index (κ2) is 8.63. The summed E-state index contributed by atoms with van der Waals surface area (Å²) >= 11 is 0. The topological polar surface area (TPSA) is 52.6 Å². The lowest BCUT2D eigenvalue weighted by Gasteiger charge is -2.38. The van der Waals surface area contributed by atoms with Crippen LogP contribution in [-0.2, 0) is 16.8 Å². The fourth-order valence-corrected chi connectivity index (χ4v) is 3.50. The summed E-state index contributed by atoms with van der Waals surface area (Å²) in [7, 11) is 0. The zero-order valence-corrected chi connectivity index (χ0v) is 15.7. The van der Waals surface area contributed by atoms with Gasteiger partial charge in [-0.1, -0.05) is 42.0 Å². The number of hydrogen-bond acceptors (Lipinski definition) is 3. The Morgan fingerprint density at radius 3 is 2.37 bits per heavy atom. The van der Waals surface area contributed by atoms with E-state index in [0.717, 1.165) is 30.8 Å². The summed E-state index contributed by atoms with van der Waals surface area (Å²) in [4.78, 5) is 14.3. The quantitative estimate of drug-likeness (QED) is 0.822. The molecule has 1 aliphatic heterocycles. The van der Waals surface area contributed by atoms with Gasteiger partial charge in [0.25, 0.3) is 0 Å². The van der Waals surface area contributed by atoms with Gasteiger partial charge in [0.05, 0.1) is 12.0 Å². The van der Waals surface area contributed by atoms with Crippen molar-refractivity contribution >= 4 is 5.91 Å². The number of aliphatic hydroxyl groups is 1. The molecule has 4 nitrogen and oxygen atoms in total. The van der Waals surface area contributed by atoms with Crippen LogP contribution in [0.4, 0.5) is 4.39 Å². The summed E-state index contributed by atoms with van der Waals surface area (Å²) in [5.41, 5.74) is 2.22. The van der Waals surface area contributed by atoms with Crippen LogP contribution in [0.2, 0.25) is 0 Å². The van der Waals surface area contributed by atoms with Crippen LogP contribution in [0.3, 0.4) is 0 Å². The highest BCUT2D eigenvalue weighted by atomic mass is 19.1. The Balaban J connectivity index is 1.40. The monoisotopic (exact) mass is 370 g/mol. The van der Waals surface area contributed by atoms with Crippen molar-refractivity contribution < 1.29 is 14.3 Å². The largest absolute Gasteiger partial charge is 0.385 e. The van der Waals surface area contributed by atoms with Gasteiger partial charge in [0.1, 0.15) is 5.82 Å². The molecule has 1 fully saturated rings. The first kappa shape index (κ1) is 19.5. The number of piperidine rings is 1. The summed E-state index contributed by atoms with van der Waals surface area (Å²) in [5.74, 6) is -0.357. The standard InChI is InChI=1S/C22H27FN2O2/c1-17-2-6-19(7-3-17)22(27)10-13-25(14-11-22)15-12-24-21(26)16-18-4-8-20(23)9-5-18/h2-9,27H,10-16H2,1H3,(H,24,26). The van der Waals surface area contributed by atoms with Crippen molar-refractivity contribution in [2.24, 2.45) is 0 Å². The van der Waals surface area contributed by atoms with Gasteiger partial charge in [-0.25, -0.2) is 4.39 Å². The molecule has 0 atom stereocenters. The Morgan fingerprint density at radius 2 is 1.74 bits per heavy atom. The van der Waals surface area contributed by atoms with E-state index in [1.165, 1.54) is 17.7 Å². The highest BCUT2D eigenvalue weighted by Crippen LogP contribution is 2.32. The minimum atomic E-state index is -0.754. The number of rotatable bonds is 6. The molecule has 1 amide bonds. The molecule has 1 saturated heterocycles. The molecule has 2 aromatic rings. The van der Waals surface area contributed by atoms with Gasteiger partial charge in [-0.15, -0.1) is 0 Å². The number of carbonyl (C=O) groups is 1. The highest BCUT2D eigenvalue weighted by molar-refractivity contribution is 5.78. The van der Waals surface area contributed by atoms with Gasteiger partial charge < -0.3 is 15.3 Å². The first-order valence-corrected chi connectivity index (χ1v) is 9.48. The maximum Gasteiger partial charge on any atom is 0.224 e. The SMILES string of the molecule is Cc1ccc(C2(O)CCN(CCNC(=O)Cc3ccc(F)cc3)CC2)cc1. The Hall–Kier alpha value is -2.24. The van der Waals surface area contributed by atoms with Crippen molar-refractivity contribution in [3.05, 3.63) is 71.0 Å². The summed E-state index contributed by atoms with van der Waals surface area (Å²) in [6, 6.07) is 14.1. The third kappa shape index (κ3) is 5.37. The molecule has 0 unspecified atom stereocenters. The van der Waals surface area contributed by atoms with Crippen molar-refractivity contribution in [2.75, 3.05) is 26.2 Å². The van der Waals surface area contributed by atoms with Crippen LogP contribution in [0.25, 0.3) is 0 Å². The molecule has 0 aromatic heterocycles. The number of nitrogens with zero attached hydrogens (tertiary/aromatic N) is 1. The number of halogens is 1. The molecule has 2 N–H and O–H groups in total. The number of benzene rings is 2. The number of amides is 1. The van der Waals surface area contributed by atoms with Crippen LogP contribution in [0.15, 0.2) is 48.5 Å². The van der Waals surface area contributed by atoms with E-state index in [9.17, 15) is 14.3 Å². The zero-order chi connectivity index (χ0) is 19.3. The van der Waals surface area contributed by atoms with E-state index in [1.54, 1.807) is 12.1 Å². The second-order valence-corrected chi connectivity index (χ2v) is 7.39. The second-order valence-electron chi connectivity index (χ2n) is 7.39. The van der Waals surface area contributed by atoms with E-state index in [2.05, 4.69) is 10.2 Å². The molecular formula is C22H27FN2O2. The van der Waals surface area contributed by atoms with Gasteiger partial charge in [-0.05, 0) is 43.0 Å². The predicted molar refractivity (Wildman–Crippen MR) is 104 cm³/mol. The maximum atomic E-state index is 12.9. The summed E-state index contributed by atoms with van der Waals surface area (Å²) in [6.07, 6.45) is 1.65. The number of carbonyl (C=O) groups excluding carboxylic acids is 1. The number of hydrogen-bond donors (Lipinski definition) is 2. The lowest BCUT2D eigenvalue weighted by Crippen LogP contribution is -2.45. The van der Waals surface area contributed by atoms with Gasteiger partial charge in [-0.3, -0.25) is 4.79 Å². The summed E-state index contributed by atoms with van der Waals surface area (Å²) in [5, 5.41) is 13.8. The normalized spacial score (nSPS) is 16.9. The molecule has 1 heterocycles. The van der Waals surface area contributed by atoms with E-state index in [-0.39, 0.29) is 18.1 Å². The average Bonchev–Trinajstić information content (AvgIpc) is 2.66. The Morgan fingerprint density at radius 1 is 1.11 bits per heavy atom. The Labute approximate surface area is 160 Å². The first-order chi connectivity index (χ1) is 12.9. The molecule has 0 saturated carbocycles. The molecule has 0 aliphatic carbocycles. The van der Waals surface area contributed by atoms with Crippen LogP contribution in [0.1, 0.15) is 29.5 Å². The van der Waals surface area contributed by atoms with Crippen molar-refractivity contribution in [1.29, 1.82) is 0 Å². The first-order valence-electron chi connectivity index (χ1n) is 9.48. The van der Waals surface area contributed by atoms with E-state index >= 15 is 0 Å². The molecule has 144 valence electrons. The Bertz CT molecular complexity index is 751. The highest BCUT2D eigenvalue weighted by Gasteiger charge is 2.33. The van der Waals surface area contributed by atoms with E-state index in [1.807, 2.05) is 31.2 Å². The summed E-state index contributed by atoms with van der Waals surface area (Å²) < 4.78 is 12.9. The van der Waals surface area contributed by atoms with Gasteiger partial charge in [-0.2, -0.15) is 0 Å². The van der Waals surface area contributed by atoms with E-state index in [4.69, 9.17) is 0 Å². The van der Waals surface area contributed by atoms with Gasteiger partial charge in [0, 0.05) is 26.2 Å². The minimum absolute atomic E-state index is 0.0604. The average molecular weight is 370 g/mol. The van der Waals surface area contributed by atoms with E-state index < -0.39 is 5.60 Å². The molecule has 0 bridgehead atoms. The molecule has 27 heavy (non-hydrogen) atoms. The molecule has 3 rings (SSSR count). The molecule has 1 aliphatic rings. The lowest BCUT2D eigenvalue weighted by atomic mass is 9.84. The molecule has 0 radical (unpaired) electrons. The lowest BCUT2D eigenvalue weighted by molar-refractivity contribution is -0.120. The van der Waals surface area contributed by atoms with Crippen LogP contribution in [-0.4, -0.2) is 42.1 Å². The van der Waals surface area contributed by atoms with Gasteiger partial charge in [0.15, 0.2) is 0 Å². The van der Waals surface area contributed by atoms with Crippen LogP contribution in [0, 0.1) is 12.7 Å². The minimum Gasteiger partial charge on any atom is -0.385 e. The molecule has 5 heteroatoms. The fourth-order valence-electron chi connectivity index (χ4n) is 3.50. The number of aryl methyl sites for hydroxylation is 1. The van der Waals surface area contributed by atoms with Crippen LogP contribution >= 0.6 is 0 Å². The summed E-state index contributed by atoms with van der Waals surface area (Å²) in [6.45, 7) is 4.99. The predicted octanol–water partition coefficient (Wildman–Crippen LogP) is 2.78. The van der Waals surface area contributed by atoms with Gasteiger partial charge in [0.2, 0.25) is 5.91 Å². The molecular weight excluding hydrogens is 343 g/mol. The maximum absolute atomic E-state index is 12.9. The molecule has 0 spiro atoms. The van der Waals surface area contributed by atoms with E-state index in [0.29, 0.717) is 19.4 Å². The van der Waals surface area contributed by atoms with Crippen molar-refractivity contribution in [2.45, 2.75) is 31.8 Å². The van der Waals surface area contributed by atoms with Crippen molar-refractivity contribution in [1.82, 2.24) is 10.2 Å². The smallest absolute Gasteiger partial charge is 0.224 e. The third-order valence-corrected chi connectivity index (χ3v) is 5.30. The Kier molecular flexibility index (Phi) is 6.24. The number of likely N-dealkylation sites (tertiary alicyclic amines) is 1. The van der Waals surface area contributed by atoms with Crippen molar-refractivity contribution in [3.63, 3.8) is 0 Å². The number of nitrogens with one attached hydrogen (secondary N) is 1. The molecule has 2 aromatic carbocycles. The zero-order valence-electron chi connectivity index (χ0n) is 15.7. The van der Waals surface area contributed by atoms with Gasteiger partial charge >= 0.3 is 0 Å². The van der Waals surface area contributed by atoms with Crippen LogP contribution < -0.4 is 5.32 Å². The van der Waals surface area contributed by atoms with Crippen molar-refractivity contribution in [3.8, 4) is 0 Å². The fraction of sp³-hybridized carbons (Fsp3) is 0.409. The van der Waals surface area contributed by atoms with Crippen LogP contribution in [0.5, 0.6) is 0 Å².